The Bertz CT molecular complexity index is 167. The maximum atomic E-state index is 2.62. The Balaban J connectivity index is 1.85. The van der Waals surface area contributed by atoms with Crippen LogP contribution in [0.4, 0.5) is 0 Å². The van der Waals surface area contributed by atoms with Gasteiger partial charge in [-0.25, -0.2) is 0 Å². The summed E-state index contributed by atoms with van der Waals surface area (Å²) >= 11 is 0. The highest BCUT2D eigenvalue weighted by Gasteiger charge is 2.37. The lowest BCUT2D eigenvalue weighted by Crippen LogP contribution is -2.40. The molecule has 3 unspecified atom stereocenters. The first kappa shape index (κ1) is 9.51. The fourth-order valence-corrected chi connectivity index (χ4v) is 3.28. The average Bonchev–Trinajstić information content (AvgIpc) is 2.11. The highest BCUT2D eigenvalue weighted by molar-refractivity contribution is 4.88. The van der Waals surface area contributed by atoms with Crippen molar-refractivity contribution in [3.05, 3.63) is 0 Å². The zero-order chi connectivity index (χ0) is 9.26. The summed E-state index contributed by atoms with van der Waals surface area (Å²) in [6, 6.07) is 0. The van der Waals surface area contributed by atoms with Crippen LogP contribution in [-0.4, -0.2) is 24.5 Å². The Kier molecular flexibility index (Phi) is 2.92. The van der Waals surface area contributed by atoms with Gasteiger partial charge in [0.05, 0.1) is 0 Å². The van der Waals surface area contributed by atoms with Crippen molar-refractivity contribution < 1.29 is 0 Å². The molecule has 1 aliphatic heterocycles. The van der Waals surface area contributed by atoms with Gasteiger partial charge >= 0.3 is 0 Å². The van der Waals surface area contributed by atoms with Crippen LogP contribution in [0.25, 0.3) is 0 Å². The van der Waals surface area contributed by atoms with Gasteiger partial charge in [0.2, 0.25) is 0 Å². The van der Waals surface area contributed by atoms with Gasteiger partial charge in [-0.2, -0.15) is 0 Å². The van der Waals surface area contributed by atoms with Crippen molar-refractivity contribution >= 4 is 0 Å². The number of nitrogens with zero attached hydrogens (tertiary/aromatic N) is 1. The Labute approximate surface area is 82.5 Å². The lowest BCUT2D eigenvalue weighted by atomic mass is 9.62. The molecule has 1 nitrogen and oxygen atoms in total. The molecule has 0 radical (unpaired) electrons. The second-order valence-corrected chi connectivity index (χ2v) is 5.00. The lowest BCUT2D eigenvalue weighted by molar-refractivity contribution is 0.0417. The quantitative estimate of drug-likeness (QED) is 0.601. The third-order valence-electron chi connectivity index (χ3n) is 4.29. The summed E-state index contributed by atoms with van der Waals surface area (Å²) in [5.41, 5.74) is 0. The smallest absolute Gasteiger partial charge is 0.00161 e. The zero-order valence-corrected chi connectivity index (χ0v) is 9.13. The second kappa shape index (κ2) is 4.00. The third-order valence-corrected chi connectivity index (χ3v) is 4.29. The number of hydrogen-bond donors (Lipinski definition) is 0. The van der Waals surface area contributed by atoms with Crippen LogP contribution in [0.1, 0.15) is 39.5 Å². The van der Waals surface area contributed by atoms with Crippen LogP contribution >= 0.6 is 0 Å². The zero-order valence-electron chi connectivity index (χ0n) is 9.13. The molecule has 0 aromatic rings. The van der Waals surface area contributed by atoms with Gasteiger partial charge in [-0.05, 0) is 63.1 Å². The van der Waals surface area contributed by atoms with Gasteiger partial charge in [0, 0.05) is 0 Å². The van der Waals surface area contributed by atoms with Crippen LogP contribution < -0.4 is 0 Å². The van der Waals surface area contributed by atoms with Crippen LogP contribution in [-0.2, 0) is 0 Å². The van der Waals surface area contributed by atoms with E-state index in [0.29, 0.717) is 0 Å². The minimum absolute atomic E-state index is 1.04. The maximum absolute atomic E-state index is 2.62. The van der Waals surface area contributed by atoms with E-state index in [4.69, 9.17) is 0 Å². The van der Waals surface area contributed by atoms with E-state index < -0.39 is 0 Å². The average molecular weight is 181 g/mol. The predicted molar refractivity (Wildman–Crippen MR) is 56.7 cm³/mol. The molecular formula is C12H23N. The standard InChI is InChI=1S/C12H23N/c1-3-13-7-4-5-12-10(2)9-11(12)6-8-13/h10-12H,3-9H2,1-2H3. The van der Waals surface area contributed by atoms with Gasteiger partial charge in [-0.1, -0.05) is 13.8 Å². The van der Waals surface area contributed by atoms with E-state index >= 15 is 0 Å². The van der Waals surface area contributed by atoms with E-state index in [2.05, 4.69) is 18.7 Å². The minimum Gasteiger partial charge on any atom is -0.304 e. The fourth-order valence-electron chi connectivity index (χ4n) is 3.28. The van der Waals surface area contributed by atoms with Crippen LogP contribution in [0.2, 0.25) is 0 Å². The van der Waals surface area contributed by atoms with Crippen molar-refractivity contribution in [2.24, 2.45) is 17.8 Å². The Morgan fingerprint density at radius 3 is 2.77 bits per heavy atom. The Hall–Kier alpha value is -0.0400. The van der Waals surface area contributed by atoms with Crippen LogP contribution in [0.5, 0.6) is 0 Å². The number of fused-ring (bicyclic) bond motifs is 1. The van der Waals surface area contributed by atoms with E-state index in [1.165, 1.54) is 45.3 Å². The maximum Gasteiger partial charge on any atom is -0.00161 e. The van der Waals surface area contributed by atoms with E-state index in [9.17, 15) is 0 Å². The molecule has 1 saturated carbocycles. The summed E-state index contributed by atoms with van der Waals surface area (Å²) in [6.07, 6.45) is 5.94. The molecule has 1 aliphatic carbocycles. The molecule has 2 rings (SSSR count). The molecule has 0 N–H and O–H groups in total. The van der Waals surface area contributed by atoms with Crippen molar-refractivity contribution in [3.8, 4) is 0 Å². The topological polar surface area (TPSA) is 3.24 Å². The molecule has 2 aliphatic rings. The van der Waals surface area contributed by atoms with Crippen molar-refractivity contribution in [3.63, 3.8) is 0 Å². The SMILES string of the molecule is CCN1CCCC2C(C)CC2CC1. The predicted octanol–water partition coefficient (Wildman–Crippen LogP) is 2.76. The molecular weight excluding hydrogens is 158 g/mol. The third kappa shape index (κ3) is 1.90. The monoisotopic (exact) mass is 181 g/mol. The molecule has 1 heterocycles. The van der Waals surface area contributed by atoms with E-state index in [1.807, 2.05) is 0 Å². The fraction of sp³-hybridized carbons (Fsp3) is 1.00. The van der Waals surface area contributed by atoms with Crippen molar-refractivity contribution in [1.29, 1.82) is 0 Å². The van der Waals surface area contributed by atoms with E-state index in [0.717, 1.165) is 17.8 Å². The summed E-state index contributed by atoms with van der Waals surface area (Å²) < 4.78 is 0. The molecule has 1 saturated heterocycles. The molecule has 13 heavy (non-hydrogen) atoms. The molecule has 0 bridgehead atoms. The van der Waals surface area contributed by atoms with Gasteiger partial charge in [-0.15, -0.1) is 0 Å². The van der Waals surface area contributed by atoms with Crippen LogP contribution in [0.3, 0.4) is 0 Å². The van der Waals surface area contributed by atoms with Gasteiger partial charge in [0.15, 0.2) is 0 Å². The molecule has 0 aromatic heterocycles. The molecule has 0 aromatic carbocycles. The number of rotatable bonds is 1. The highest BCUT2D eigenvalue weighted by atomic mass is 15.1. The number of likely N-dealkylation sites (tertiary alicyclic amines) is 1. The highest BCUT2D eigenvalue weighted by Crippen LogP contribution is 2.45. The van der Waals surface area contributed by atoms with Crippen molar-refractivity contribution in [2.45, 2.75) is 39.5 Å². The molecule has 2 fully saturated rings. The largest absolute Gasteiger partial charge is 0.304 e. The summed E-state index contributed by atoms with van der Waals surface area (Å²) in [7, 11) is 0. The van der Waals surface area contributed by atoms with E-state index in [1.54, 1.807) is 0 Å². The number of hydrogen-bond acceptors (Lipinski definition) is 1. The Morgan fingerprint density at radius 2 is 2.08 bits per heavy atom. The Morgan fingerprint density at radius 1 is 1.23 bits per heavy atom. The van der Waals surface area contributed by atoms with Crippen molar-refractivity contribution in [1.82, 2.24) is 4.90 Å². The lowest BCUT2D eigenvalue weighted by Gasteiger charge is -2.46. The summed E-state index contributed by atoms with van der Waals surface area (Å²) in [6.45, 7) is 8.71. The van der Waals surface area contributed by atoms with E-state index in [-0.39, 0.29) is 0 Å². The molecule has 76 valence electrons. The first-order valence-corrected chi connectivity index (χ1v) is 6.03. The van der Waals surface area contributed by atoms with Crippen LogP contribution in [0, 0.1) is 17.8 Å². The van der Waals surface area contributed by atoms with Crippen LogP contribution in [0.15, 0.2) is 0 Å². The molecule has 0 amide bonds. The second-order valence-electron chi connectivity index (χ2n) is 5.00. The summed E-state index contributed by atoms with van der Waals surface area (Å²) in [4.78, 5) is 2.62. The molecule has 0 spiro atoms. The summed E-state index contributed by atoms with van der Waals surface area (Å²) in [5.74, 6) is 3.22. The first-order valence-electron chi connectivity index (χ1n) is 6.03. The van der Waals surface area contributed by atoms with Gasteiger partial charge in [0.1, 0.15) is 0 Å². The molecule has 1 heteroatoms. The first-order chi connectivity index (χ1) is 6.31. The van der Waals surface area contributed by atoms with Crippen molar-refractivity contribution in [2.75, 3.05) is 19.6 Å². The van der Waals surface area contributed by atoms with Gasteiger partial charge in [-0.3, -0.25) is 0 Å². The minimum atomic E-state index is 1.04. The normalized spacial score (nSPS) is 41.5. The van der Waals surface area contributed by atoms with Gasteiger partial charge in [0.25, 0.3) is 0 Å². The van der Waals surface area contributed by atoms with Gasteiger partial charge < -0.3 is 4.90 Å². The summed E-state index contributed by atoms with van der Waals surface area (Å²) in [5, 5.41) is 0. The molecule has 3 atom stereocenters.